The van der Waals surface area contributed by atoms with Crippen molar-refractivity contribution >= 4 is 28.2 Å². The Morgan fingerprint density at radius 3 is 2.40 bits per heavy atom. The highest BCUT2D eigenvalue weighted by atomic mass is 19.1. The second-order valence-corrected chi connectivity index (χ2v) is 12.1. The van der Waals surface area contributed by atoms with Crippen molar-refractivity contribution in [3.63, 3.8) is 0 Å². The van der Waals surface area contributed by atoms with Gasteiger partial charge >= 0.3 is 0 Å². The molecule has 3 aliphatic carbocycles. The number of hydrogen-bond acceptors (Lipinski definition) is 6. The number of carbonyl (C=O) groups excluding carboxylic acids is 1. The van der Waals surface area contributed by atoms with E-state index in [1.807, 2.05) is 6.07 Å². The van der Waals surface area contributed by atoms with Crippen molar-refractivity contribution in [2.24, 2.45) is 17.1 Å². The van der Waals surface area contributed by atoms with Gasteiger partial charge in [0.2, 0.25) is 0 Å². The van der Waals surface area contributed by atoms with E-state index < -0.39 is 28.8 Å². The average molecular weight is 546 g/mol. The molecule has 206 valence electrons. The second-order valence-electron chi connectivity index (χ2n) is 12.1. The summed E-state index contributed by atoms with van der Waals surface area (Å²) in [5.41, 5.74) is 7.49. The number of carbonyl (C=O) groups is 1. The number of halogens is 2. The van der Waals surface area contributed by atoms with Crippen LogP contribution in [0.2, 0.25) is 0 Å². The van der Waals surface area contributed by atoms with E-state index in [-0.39, 0.29) is 23.2 Å². The first-order valence-corrected chi connectivity index (χ1v) is 13.5. The second kappa shape index (κ2) is 8.44. The zero-order chi connectivity index (χ0) is 28.0. The van der Waals surface area contributed by atoms with Gasteiger partial charge in [-0.2, -0.15) is 14.9 Å². The van der Waals surface area contributed by atoms with Crippen molar-refractivity contribution < 1.29 is 13.6 Å². The SMILES string of the molecule is C[C@@H]1CN(c2c(NC(=O)c3ccc(=O)n(-c4c(F)cccc4F)n3)ccc3nn(C45CC(C)(C4)C5)cc23)C[C@@H]1N. The van der Waals surface area contributed by atoms with Gasteiger partial charge in [-0.05, 0) is 60.9 Å². The molecule has 2 aromatic heterocycles. The standard InChI is InChI=1S/C29H29F2N7O2/c1-16-10-36(12-20(16)32)25-17-11-37(29-13-28(2,14-29)15-29)34-21(17)6-7-22(25)33-27(40)23-8-9-24(39)38(35-23)26-18(30)4-3-5-19(26)31/h3-9,11,16,20H,10,12-15,32H2,1-2H3,(H,33,40)/t16-,20+,28?,29?/m1/s1. The summed E-state index contributed by atoms with van der Waals surface area (Å²) >= 11 is 0. The molecule has 2 aromatic carbocycles. The highest BCUT2D eigenvalue weighted by Gasteiger charge is 2.66. The number of nitrogens with zero attached hydrogens (tertiary/aromatic N) is 5. The number of anilines is 2. The molecular formula is C29H29F2N7O2. The fourth-order valence-electron chi connectivity index (χ4n) is 6.98. The number of aromatic nitrogens is 4. The minimum absolute atomic E-state index is 0.0210. The van der Waals surface area contributed by atoms with Crippen molar-refractivity contribution in [1.29, 1.82) is 0 Å². The first kappa shape index (κ1) is 24.9. The summed E-state index contributed by atoms with van der Waals surface area (Å²) in [4.78, 5) is 28.0. The molecule has 9 nitrogen and oxygen atoms in total. The van der Waals surface area contributed by atoms with Crippen molar-refractivity contribution in [2.45, 2.75) is 44.7 Å². The number of para-hydroxylation sites is 1. The van der Waals surface area contributed by atoms with Gasteiger partial charge in [-0.15, -0.1) is 0 Å². The van der Waals surface area contributed by atoms with E-state index in [2.05, 4.69) is 40.0 Å². The maximum atomic E-state index is 14.4. The minimum atomic E-state index is -0.964. The van der Waals surface area contributed by atoms with E-state index in [4.69, 9.17) is 10.8 Å². The third kappa shape index (κ3) is 3.67. The van der Waals surface area contributed by atoms with Crippen LogP contribution in [0.1, 0.15) is 43.6 Å². The van der Waals surface area contributed by atoms with E-state index in [1.165, 1.54) is 12.1 Å². The molecule has 3 saturated carbocycles. The molecule has 40 heavy (non-hydrogen) atoms. The van der Waals surface area contributed by atoms with Gasteiger partial charge in [0.25, 0.3) is 11.5 Å². The maximum absolute atomic E-state index is 14.4. The van der Waals surface area contributed by atoms with Gasteiger partial charge in [0.1, 0.15) is 11.4 Å². The van der Waals surface area contributed by atoms with Crippen LogP contribution in [0.5, 0.6) is 0 Å². The minimum Gasteiger partial charge on any atom is -0.367 e. The van der Waals surface area contributed by atoms with Crippen molar-refractivity contribution in [1.82, 2.24) is 19.6 Å². The summed E-state index contributed by atoms with van der Waals surface area (Å²) in [6.07, 6.45) is 5.42. The van der Waals surface area contributed by atoms with E-state index in [0.717, 1.165) is 54.1 Å². The van der Waals surface area contributed by atoms with E-state index in [9.17, 15) is 18.4 Å². The molecule has 1 aliphatic heterocycles. The lowest BCUT2D eigenvalue weighted by Crippen LogP contribution is -2.66. The van der Waals surface area contributed by atoms with Gasteiger partial charge in [0.05, 0.1) is 22.4 Å². The van der Waals surface area contributed by atoms with Crippen molar-refractivity contribution in [2.75, 3.05) is 23.3 Å². The predicted molar refractivity (Wildman–Crippen MR) is 147 cm³/mol. The summed E-state index contributed by atoms with van der Waals surface area (Å²) in [5.74, 6) is -2.29. The smallest absolute Gasteiger partial charge is 0.276 e. The molecule has 2 atom stereocenters. The third-order valence-corrected chi connectivity index (χ3v) is 8.83. The van der Waals surface area contributed by atoms with Crippen LogP contribution in [0, 0.1) is 23.0 Å². The highest BCUT2D eigenvalue weighted by molar-refractivity contribution is 6.08. The first-order valence-electron chi connectivity index (χ1n) is 13.5. The number of nitrogens with two attached hydrogens (primary N) is 1. The number of hydrogen-bond donors (Lipinski definition) is 2. The zero-order valence-electron chi connectivity index (χ0n) is 22.2. The Labute approximate surface area is 228 Å². The van der Waals surface area contributed by atoms with Gasteiger partial charge < -0.3 is 16.0 Å². The molecule has 1 amide bonds. The van der Waals surface area contributed by atoms with E-state index in [1.54, 1.807) is 6.07 Å². The fraction of sp³-hybridized carbons (Fsp3) is 0.379. The van der Waals surface area contributed by atoms with Crippen LogP contribution in [0.4, 0.5) is 20.2 Å². The van der Waals surface area contributed by atoms with Crippen LogP contribution in [-0.2, 0) is 5.54 Å². The molecule has 0 spiro atoms. The Bertz CT molecular complexity index is 1710. The maximum Gasteiger partial charge on any atom is 0.276 e. The monoisotopic (exact) mass is 545 g/mol. The molecule has 1 saturated heterocycles. The molecule has 8 rings (SSSR count). The van der Waals surface area contributed by atoms with E-state index in [0.29, 0.717) is 28.9 Å². The highest BCUT2D eigenvalue weighted by Crippen LogP contribution is 2.71. The zero-order valence-corrected chi connectivity index (χ0v) is 22.2. The molecule has 11 heteroatoms. The van der Waals surface area contributed by atoms with Gasteiger partial charge in [0.15, 0.2) is 11.6 Å². The molecule has 0 radical (unpaired) electrons. The molecule has 4 aromatic rings. The molecule has 4 fully saturated rings. The average Bonchev–Trinajstić information content (AvgIpc) is 3.45. The molecular weight excluding hydrogens is 516 g/mol. The molecule has 0 unspecified atom stereocenters. The van der Waals surface area contributed by atoms with Crippen molar-refractivity contribution in [3.05, 3.63) is 76.3 Å². The van der Waals surface area contributed by atoms with Gasteiger partial charge in [-0.1, -0.05) is 19.9 Å². The summed E-state index contributed by atoms with van der Waals surface area (Å²) in [7, 11) is 0. The van der Waals surface area contributed by atoms with E-state index >= 15 is 0 Å². The Kier molecular flexibility index (Phi) is 5.25. The number of fused-ring (bicyclic) bond motifs is 1. The normalized spacial score (nSPS) is 27.0. The third-order valence-electron chi connectivity index (χ3n) is 8.83. The van der Waals surface area contributed by atoms with Gasteiger partial charge in [-0.25, -0.2) is 8.78 Å². The quantitative estimate of drug-likeness (QED) is 0.395. The van der Waals surface area contributed by atoms with Crippen LogP contribution in [-0.4, -0.2) is 44.6 Å². The van der Waals surface area contributed by atoms with Crippen LogP contribution in [0.25, 0.3) is 16.6 Å². The summed E-state index contributed by atoms with van der Waals surface area (Å²) in [6, 6.07) is 9.19. The lowest BCUT2D eigenvalue weighted by molar-refractivity contribution is -0.179. The van der Waals surface area contributed by atoms with Crippen LogP contribution < -0.4 is 21.5 Å². The lowest BCUT2D eigenvalue weighted by Gasteiger charge is -2.69. The van der Waals surface area contributed by atoms with Gasteiger partial charge in [-0.3, -0.25) is 14.3 Å². The van der Waals surface area contributed by atoms with Crippen LogP contribution in [0.15, 0.2) is 53.5 Å². The molecule has 3 N–H and O–H groups in total. The molecule has 2 bridgehead atoms. The Morgan fingerprint density at radius 1 is 1.02 bits per heavy atom. The van der Waals surface area contributed by atoms with Crippen molar-refractivity contribution in [3.8, 4) is 5.69 Å². The lowest BCUT2D eigenvalue weighted by atomic mass is 9.40. The predicted octanol–water partition coefficient (Wildman–Crippen LogP) is 3.80. The summed E-state index contributed by atoms with van der Waals surface area (Å²) in [5, 5.41) is 12.8. The number of benzene rings is 2. The largest absolute Gasteiger partial charge is 0.367 e. The van der Waals surface area contributed by atoms with Crippen LogP contribution >= 0.6 is 0 Å². The molecule has 3 heterocycles. The first-order chi connectivity index (χ1) is 19.1. The Morgan fingerprint density at radius 2 is 1.75 bits per heavy atom. The summed E-state index contributed by atoms with van der Waals surface area (Å²) < 4.78 is 31.5. The Hall–Kier alpha value is -4.12. The topological polar surface area (TPSA) is 111 Å². The Balaban J connectivity index is 1.27. The van der Waals surface area contributed by atoms with Crippen LogP contribution in [0.3, 0.4) is 0 Å². The fourth-order valence-corrected chi connectivity index (χ4v) is 6.98. The summed E-state index contributed by atoms with van der Waals surface area (Å²) in [6.45, 7) is 5.74. The molecule has 4 aliphatic rings. The number of rotatable bonds is 5. The number of amides is 1. The van der Waals surface area contributed by atoms with Gasteiger partial charge in [0, 0.05) is 36.8 Å². The number of nitrogens with one attached hydrogen (secondary N) is 1.